The highest BCUT2D eigenvalue weighted by atomic mass is 35.5. The first-order chi connectivity index (χ1) is 8.59. The third-order valence-corrected chi connectivity index (χ3v) is 4.74. The van der Waals surface area contributed by atoms with Crippen molar-refractivity contribution in [3.63, 3.8) is 0 Å². The second-order valence-electron chi connectivity index (χ2n) is 5.63. The summed E-state index contributed by atoms with van der Waals surface area (Å²) in [6, 6.07) is 0. The zero-order valence-electron chi connectivity index (χ0n) is 11.7. The van der Waals surface area contributed by atoms with Crippen LogP contribution in [0.25, 0.3) is 0 Å². The number of rotatable bonds is 4. The maximum Gasteiger partial charge on any atom is 0.131 e. The fourth-order valence-electron chi connectivity index (χ4n) is 2.95. The van der Waals surface area contributed by atoms with Crippen molar-refractivity contribution in [2.45, 2.75) is 46.1 Å². The molecule has 1 aliphatic carbocycles. The van der Waals surface area contributed by atoms with Gasteiger partial charge in [-0.3, -0.25) is 4.68 Å². The zero-order chi connectivity index (χ0) is 13.1. The number of aromatic nitrogens is 2. The maximum absolute atomic E-state index is 6.22. The van der Waals surface area contributed by atoms with Crippen LogP contribution in [0.1, 0.15) is 43.9 Å². The van der Waals surface area contributed by atoms with E-state index in [9.17, 15) is 0 Å². The monoisotopic (exact) mass is 269 g/mol. The van der Waals surface area contributed by atoms with E-state index in [2.05, 4.69) is 17.3 Å². The van der Waals surface area contributed by atoms with Crippen LogP contribution in [0.15, 0.2) is 0 Å². The maximum atomic E-state index is 6.22. The molecule has 2 atom stereocenters. The summed E-state index contributed by atoms with van der Waals surface area (Å²) in [6.07, 6.45) is 5.56. The third kappa shape index (κ3) is 3.07. The summed E-state index contributed by atoms with van der Waals surface area (Å²) in [4.78, 5) is 0. The van der Waals surface area contributed by atoms with Gasteiger partial charge in [-0.15, -0.1) is 0 Å². The highest BCUT2D eigenvalue weighted by Crippen LogP contribution is 2.29. The van der Waals surface area contributed by atoms with Crippen molar-refractivity contribution < 1.29 is 0 Å². The summed E-state index contributed by atoms with van der Waals surface area (Å²) in [5.41, 5.74) is 2.18. The Labute approximate surface area is 115 Å². The Balaban J connectivity index is 1.84. The van der Waals surface area contributed by atoms with Crippen LogP contribution in [0.5, 0.6) is 0 Å². The van der Waals surface area contributed by atoms with E-state index >= 15 is 0 Å². The van der Waals surface area contributed by atoms with Gasteiger partial charge in [-0.05, 0) is 31.7 Å². The van der Waals surface area contributed by atoms with E-state index in [1.165, 1.54) is 25.7 Å². The number of halogens is 1. The molecule has 2 rings (SSSR count). The first kappa shape index (κ1) is 13.9. The lowest BCUT2D eigenvalue weighted by atomic mass is 9.80. The number of nitrogens with one attached hydrogen (secondary N) is 1. The van der Waals surface area contributed by atoms with Crippen LogP contribution >= 0.6 is 11.6 Å². The molecule has 1 aromatic rings. The molecule has 2 unspecified atom stereocenters. The molecule has 1 aliphatic rings. The standard InChI is InChI=1S/C14H24ClN3/c1-10-6-4-5-7-12(10)8-16-9-13-11(2)17-18(3)14(13)15/h10,12,16H,4-9H2,1-3H3. The predicted octanol–water partition coefficient (Wildman–Crippen LogP) is 3.30. The van der Waals surface area contributed by atoms with E-state index in [0.717, 1.165) is 41.3 Å². The van der Waals surface area contributed by atoms with E-state index in [4.69, 9.17) is 11.6 Å². The van der Waals surface area contributed by atoms with E-state index in [1.807, 2.05) is 14.0 Å². The first-order valence-electron chi connectivity index (χ1n) is 6.98. The van der Waals surface area contributed by atoms with Gasteiger partial charge in [0.1, 0.15) is 5.15 Å². The first-order valence-corrected chi connectivity index (χ1v) is 7.36. The Kier molecular flexibility index (Phi) is 4.68. The lowest BCUT2D eigenvalue weighted by molar-refractivity contribution is 0.247. The fourth-order valence-corrected chi connectivity index (χ4v) is 3.19. The molecule has 1 N–H and O–H groups in total. The molecule has 1 saturated carbocycles. The molecule has 0 saturated heterocycles. The van der Waals surface area contributed by atoms with Crippen LogP contribution < -0.4 is 5.32 Å². The van der Waals surface area contributed by atoms with Gasteiger partial charge in [0.05, 0.1) is 5.69 Å². The minimum Gasteiger partial charge on any atom is -0.312 e. The van der Waals surface area contributed by atoms with E-state index in [0.29, 0.717) is 0 Å². The van der Waals surface area contributed by atoms with E-state index < -0.39 is 0 Å². The lowest BCUT2D eigenvalue weighted by Crippen LogP contribution is -2.29. The average molecular weight is 270 g/mol. The molecule has 0 radical (unpaired) electrons. The van der Waals surface area contributed by atoms with E-state index in [1.54, 1.807) is 4.68 Å². The van der Waals surface area contributed by atoms with Gasteiger partial charge >= 0.3 is 0 Å². The summed E-state index contributed by atoms with van der Waals surface area (Å²) in [5.74, 6) is 1.69. The second kappa shape index (κ2) is 6.07. The Morgan fingerprint density at radius 2 is 2.11 bits per heavy atom. The molecule has 4 heteroatoms. The van der Waals surface area contributed by atoms with Crippen LogP contribution in [0, 0.1) is 18.8 Å². The van der Waals surface area contributed by atoms with Crippen molar-refractivity contribution in [2.75, 3.05) is 6.54 Å². The van der Waals surface area contributed by atoms with Gasteiger partial charge in [0.25, 0.3) is 0 Å². The Morgan fingerprint density at radius 1 is 1.39 bits per heavy atom. The second-order valence-corrected chi connectivity index (χ2v) is 5.99. The Bertz CT molecular complexity index is 400. The summed E-state index contributed by atoms with van der Waals surface area (Å²) >= 11 is 6.22. The average Bonchev–Trinajstić information content (AvgIpc) is 2.58. The molecule has 1 heterocycles. The molecular formula is C14H24ClN3. The van der Waals surface area contributed by atoms with Crippen LogP contribution in [0.3, 0.4) is 0 Å². The van der Waals surface area contributed by atoms with Crippen molar-refractivity contribution in [3.05, 3.63) is 16.4 Å². The highest BCUT2D eigenvalue weighted by Gasteiger charge is 2.21. The topological polar surface area (TPSA) is 29.9 Å². The van der Waals surface area contributed by atoms with Crippen LogP contribution in [0.4, 0.5) is 0 Å². The van der Waals surface area contributed by atoms with Crippen molar-refractivity contribution >= 4 is 11.6 Å². The van der Waals surface area contributed by atoms with Gasteiger partial charge in [0.2, 0.25) is 0 Å². The third-order valence-electron chi connectivity index (χ3n) is 4.27. The van der Waals surface area contributed by atoms with Gasteiger partial charge in [-0.1, -0.05) is 37.8 Å². The van der Waals surface area contributed by atoms with Gasteiger partial charge in [-0.2, -0.15) is 5.10 Å². The van der Waals surface area contributed by atoms with Crippen LogP contribution in [-0.4, -0.2) is 16.3 Å². The smallest absolute Gasteiger partial charge is 0.131 e. The summed E-state index contributed by atoms with van der Waals surface area (Å²) in [6.45, 7) is 6.34. The van der Waals surface area contributed by atoms with Gasteiger partial charge in [0.15, 0.2) is 0 Å². The number of aryl methyl sites for hydroxylation is 2. The summed E-state index contributed by atoms with van der Waals surface area (Å²) < 4.78 is 1.75. The Morgan fingerprint density at radius 3 is 2.72 bits per heavy atom. The molecule has 3 nitrogen and oxygen atoms in total. The molecule has 0 aliphatic heterocycles. The molecule has 0 aromatic carbocycles. The molecule has 0 bridgehead atoms. The van der Waals surface area contributed by atoms with Gasteiger partial charge in [0, 0.05) is 19.2 Å². The summed E-state index contributed by atoms with van der Waals surface area (Å²) in [5, 5.41) is 8.66. The lowest BCUT2D eigenvalue weighted by Gasteiger charge is -2.28. The number of nitrogens with zero attached hydrogens (tertiary/aromatic N) is 2. The molecular weight excluding hydrogens is 246 g/mol. The summed E-state index contributed by atoms with van der Waals surface area (Å²) in [7, 11) is 1.89. The molecule has 102 valence electrons. The van der Waals surface area contributed by atoms with E-state index in [-0.39, 0.29) is 0 Å². The van der Waals surface area contributed by atoms with Crippen LogP contribution in [0.2, 0.25) is 5.15 Å². The minimum atomic E-state index is 0.761. The Hall–Kier alpha value is -0.540. The minimum absolute atomic E-state index is 0.761. The number of hydrogen-bond acceptors (Lipinski definition) is 2. The molecule has 1 fully saturated rings. The largest absolute Gasteiger partial charge is 0.312 e. The van der Waals surface area contributed by atoms with Gasteiger partial charge in [-0.25, -0.2) is 0 Å². The fraction of sp³-hybridized carbons (Fsp3) is 0.786. The van der Waals surface area contributed by atoms with Gasteiger partial charge < -0.3 is 5.32 Å². The predicted molar refractivity (Wildman–Crippen MR) is 75.8 cm³/mol. The normalized spacial score (nSPS) is 24.4. The SMILES string of the molecule is Cc1nn(C)c(Cl)c1CNCC1CCCCC1C. The zero-order valence-corrected chi connectivity index (χ0v) is 12.4. The van der Waals surface area contributed by atoms with Crippen molar-refractivity contribution in [3.8, 4) is 0 Å². The van der Waals surface area contributed by atoms with Crippen molar-refractivity contribution in [2.24, 2.45) is 18.9 Å². The van der Waals surface area contributed by atoms with Crippen molar-refractivity contribution in [1.29, 1.82) is 0 Å². The molecule has 1 aromatic heterocycles. The van der Waals surface area contributed by atoms with Crippen LogP contribution in [-0.2, 0) is 13.6 Å². The number of hydrogen-bond donors (Lipinski definition) is 1. The van der Waals surface area contributed by atoms with Crippen molar-refractivity contribution in [1.82, 2.24) is 15.1 Å². The molecule has 0 spiro atoms. The molecule has 18 heavy (non-hydrogen) atoms. The highest BCUT2D eigenvalue weighted by molar-refractivity contribution is 6.30. The molecule has 0 amide bonds. The quantitative estimate of drug-likeness (QED) is 0.909.